The minimum absolute atomic E-state index is 0.0790. The molecule has 1 N–H and O–H groups in total. The first-order valence-corrected chi connectivity index (χ1v) is 6.95. The lowest BCUT2D eigenvalue weighted by Gasteiger charge is -2.30. The molecule has 2 aromatic rings. The second-order valence-electron chi connectivity index (χ2n) is 5.55. The number of ether oxygens (including phenoxy) is 2. The summed E-state index contributed by atoms with van der Waals surface area (Å²) in [6, 6.07) is 8.05. The van der Waals surface area contributed by atoms with Crippen molar-refractivity contribution in [3.63, 3.8) is 0 Å². The van der Waals surface area contributed by atoms with Crippen LogP contribution in [-0.4, -0.2) is 30.3 Å². The fourth-order valence-electron chi connectivity index (χ4n) is 2.64. The molecule has 20 heavy (non-hydrogen) atoms. The zero-order valence-electron chi connectivity index (χ0n) is 12.1. The van der Waals surface area contributed by atoms with Crippen LogP contribution in [0.25, 0.3) is 10.8 Å². The molecule has 4 nitrogen and oxygen atoms in total. The Morgan fingerprint density at radius 2 is 2.25 bits per heavy atom. The largest absolute Gasteiger partial charge is 0.497 e. The van der Waals surface area contributed by atoms with Gasteiger partial charge in [0.1, 0.15) is 11.6 Å². The van der Waals surface area contributed by atoms with Gasteiger partial charge in [-0.05, 0) is 43.9 Å². The highest BCUT2D eigenvalue weighted by Gasteiger charge is 2.37. The highest BCUT2D eigenvalue weighted by atomic mass is 16.5. The number of anilines is 1. The van der Waals surface area contributed by atoms with Crippen molar-refractivity contribution in [3.05, 3.63) is 30.5 Å². The summed E-state index contributed by atoms with van der Waals surface area (Å²) >= 11 is 0. The molecular formula is C16H20N2O2. The maximum Gasteiger partial charge on any atom is 0.134 e. The van der Waals surface area contributed by atoms with Crippen LogP contribution in [0.3, 0.4) is 0 Å². The summed E-state index contributed by atoms with van der Waals surface area (Å²) < 4.78 is 11.0. The van der Waals surface area contributed by atoms with E-state index in [2.05, 4.69) is 30.2 Å². The van der Waals surface area contributed by atoms with E-state index in [0.29, 0.717) is 0 Å². The average Bonchev–Trinajstić information content (AvgIpc) is 2.78. The zero-order valence-corrected chi connectivity index (χ0v) is 12.1. The van der Waals surface area contributed by atoms with Crippen LogP contribution in [0.5, 0.6) is 5.75 Å². The van der Waals surface area contributed by atoms with E-state index in [-0.39, 0.29) is 11.6 Å². The van der Waals surface area contributed by atoms with Crippen molar-refractivity contribution >= 4 is 16.6 Å². The molecule has 2 heterocycles. The molecule has 1 aromatic carbocycles. The van der Waals surface area contributed by atoms with E-state index in [1.54, 1.807) is 7.11 Å². The first-order valence-electron chi connectivity index (χ1n) is 6.95. The molecule has 0 aliphatic carbocycles. The number of fused-ring (bicyclic) bond motifs is 1. The fourth-order valence-corrected chi connectivity index (χ4v) is 2.64. The monoisotopic (exact) mass is 272 g/mol. The van der Waals surface area contributed by atoms with Gasteiger partial charge in [0.2, 0.25) is 0 Å². The third-order valence-corrected chi connectivity index (χ3v) is 4.26. The molecule has 106 valence electrons. The number of rotatable bonds is 3. The molecule has 1 fully saturated rings. The van der Waals surface area contributed by atoms with Crippen molar-refractivity contribution in [1.82, 2.24) is 4.98 Å². The molecule has 2 unspecified atom stereocenters. The molecule has 1 aliphatic rings. The van der Waals surface area contributed by atoms with E-state index >= 15 is 0 Å². The second-order valence-corrected chi connectivity index (χ2v) is 5.55. The fraction of sp³-hybridized carbons (Fsp3) is 0.438. The number of methoxy groups -OCH3 is 1. The van der Waals surface area contributed by atoms with Gasteiger partial charge in [0.25, 0.3) is 0 Å². The predicted octanol–water partition coefficient (Wildman–Crippen LogP) is 3.22. The van der Waals surface area contributed by atoms with Gasteiger partial charge in [-0.3, -0.25) is 0 Å². The van der Waals surface area contributed by atoms with Crippen molar-refractivity contribution in [2.75, 3.05) is 19.0 Å². The topological polar surface area (TPSA) is 43.4 Å². The van der Waals surface area contributed by atoms with Gasteiger partial charge in [0.05, 0.1) is 18.8 Å². The highest BCUT2D eigenvalue weighted by Crippen LogP contribution is 2.32. The van der Waals surface area contributed by atoms with Crippen molar-refractivity contribution in [2.24, 2.45) is 0 Å². The van der Waals surface area contributed by atoms with Crippen LogP contribution in [0, 0.1) is 0 Å². The standard InChI is InChI=1S/C16H20N2O2/c1-11-16(2,7-9-20-11)18-15-14-10-13(19-3)5-4-12(14)6-8-17-15/h4-6,8,10-11H,7,9H2,1-3H3,(H,17,18). The van der Waals surface area contributed by atoms with Crippen LogP contribution >= 0.6 is 0 Å². The smallest absolute Gasteiger partial charge is 0.134 e. The second kappa shape index (κ2) is 4.94. The molecule has 0 radical (unpaired) electrons. The van der Waals surface area contributed by atoms with Gasteiger partial charge in [-0.15, -0.1) is 0 Å². The summed E-state index contributed by atoms with van der Waals surface area (Å²) in [5.41, 5.74) is -0.0790. The minimum atomic E-state index is -0.0790. The summed E-state index contributed by atoms with van der Waals surface area (Å²) in [5, 5.41) is 5.80. The number of aromatic nitrogens is 1. The molecule has 2 atom stereocenters. The Hall–Kier alpha value is -1.81. The van der Waals surface area contributed by atoms with Gasteiger partial charge in [0.15, 0.2) is 0 Å². The normalized spacial score (nSPS) is 25.9. The van der Waals surface area contributed by atoms with Crippen LogP contribution < -0.4 is 10.1 Å². The van der Waals surface area contributed by atoms with Crippen molar-refractivity contribution in [3.8, 4) is 5.75 Å². The number of nitrogens with zero attached hydrogens (tertiary/aromatic N) is 1. The Labute approximate surface area is 119 Å². The molecule has 0 saturated carbocycles. The van der Waals surface area contributed by atoms with Crippen molar-refractivity contribution < 1.29 is 9.47 Å². The Kier molecular flexibility index (Phi) is 3.26. The summed E-state index contributed by atoms with van der Waals surface area (Å²) in [5.74, 6) is 1.73. The van der Waals surface area contributed by atoms with Crippen LogP contribution in [0.15, 0.2) is 30.5 Å². The van der Waals surface area contributed by atoms with Gasteiger partial charge >= 0.3 is 0 Å². The molecule has 0 amide bonds. The first kappa shape index (κ1) is 13.2. The molecule has 3 rings (SSSR count). The number of pyridine rings is 1. The van der Waals surface area contributed by atoms with Crippen LogP contribution in [0.2, 0.25) is 0 Å². The van der Waals surface area contributed by atoms with E-state index in [1.807, 2.05) is 24.4 Å². The van der Waals surface area contributed by atoms with E-state index in [9.17, 15) is 0 Å². The molecule has 4 heteroatoms. The molecule has 1 aromatic heterocycles. The lowest BCUT2D eigenvalue weighted by atomic mass is 9.94. The molecule has 1 aliphatic heterocycles. The Morgan fingerprint density at radius 1 is 1.40 bits per heavy atom. The Balaban J connectivity index is 2.02. The van der Waals surface area contributed by atoms with Gasteiger partial charge in [0, 0.05) is 18.2 Å². The molecule has 0 bridgehead atoms. The lowest BCUT2D eigenvalue weighted by Crippen LogP contribution is -2.41. The predicted molar refractivity (Wildman–Crippen MR) is 80.4 cm³/mol. The Morgan fingerprint density at radius 3 is 2.95 bits per heavy atom. The van der Waals surface area contributed by atoms with Crippen molar-refractivity contribution in [2.45, 2.75) is 31.9 Å². The number of hydrogen-bond donors (Lipinski definition) is 1. The average molecular weight is 272 g/mol. The molecule has 1 saturated heterocycles. The van der Waals surface area contributed by atoms with Crippen LogP contribution in [0.1, 0.15) is 20.3 Å². The van der Waals surface area contributed by atoms with Gasteiger partial charge in [-0.25, -0.2) is 4.98 Å². The van der Waals surface area contributed by atoms with Gasteiger partial charge in [-0.1, -0.05) is 6.07 Å². The first-order chi connectivity index (χ1) is 9.62. The SMILES string of the molecule is COc1ccc2ccnc(NC3(C)CCOC3C)c2c1. The van der Waals surface area contributed by atoms with Gasteiger partial charge < -0.3 is 14.8 Å². The zero-order chi connectivity index (χ0) is 14.2. The maximum absolute atomic E-state index is 5.68. The molecular weight excluding hydrogens is 252 g/mol. The molecule has 0 spiro atoms. The van der Waals surface area contributed by atoms with Crippen LogP contribution in [-0.2, 0) is 4.74 Å². The van der Waals surface area contributed by atoms with Gasteiger partial charge in [-0.2, -0.15) is 0 Å². The Bertz CT molecular complexity index is 629. The number of benzene rings is 1. The summed E-state index contributed by atoms with van der Waals surface area (Å²) in [7, 11) is 1.68. The van der Waals surface area contributed by atoms with E-state index in [1.165, 1.54) is 0 Å². The third kappa shape index (κ3) is 2.20. The third-order valence-electron chi connectivity index (χ3n) is 4.26. The quantitative estimate of drug-likeness (QED) is 0.931. The number of hydrogen-bond acceptors (Lipinski definition) is 4. The van der Waals surface area contributed by atoms with Crippen molar-refractivity contribution in [1.29, 1.82) is 0 Å². The maximum atomic E-state index is 5.68. The minimum Gasteiger partial charge on any atom is -0.497 e. The van der Waals surface area contributed by atoms with E-state index in [4.69, 9.17) is 9.47 Å². The summed E-state index contributed by atoms with van der Waals surface area (Å²) in [6.07, 6.45) is 2.99. The van der Waals surface area contributed by atoms with E-state index in [0.717, 1.165) is 35.4 Å². The summed E-state index contributed by atoms with van der Waals surface area (Å²) in [4.78, 5) is 4.50. The lowest BCUT2D eigenvalue weighted by molar-refractivity contribution is 0.105. The number of nitrogens with one attached hydrogen (secondary N) is 1. The summed E-state index contributed by atoms with van der Waals surface area (Å²) in [6.45, 7) is 5.08. The van der Waals surface area contributed by atoms with E-state index < -0.39 is 0 Å². The highest BCUT2D eigenvalue weighted by molar-refractivity contribution is 5.93. The van der Waals surface area contributed by atoms with Crippen LogP contribution in [0.4, 0.5) is 5.82 Å².